The largest absolute Gasteiger partial charge is 0.493 e. The number of carbonyl (C=O) groups is 1. The molecule has 38 heavy (non-hydrogen) atoms. The fraction of sp³-hybridized carbons (Fsp3) is 0.0714. The lowest BCUT2D eigenvalue weighted by Crippen LogP contribution is -2.14. The number of methoxy groups -OCH3 is 1. The topological polar surface area (TPSA) is 107 Å². The van der Waals surface area contributed by atoms with Crippen LogP contribution in [0.15, 0.2) is 102 Å². The maximum atomic E-state index is 12.5. The number of benzene rings is 3. The normalized spacial score (nSPS) is 11.2. The molecule has 3 aromatic carbocycles. The second-order valence-corrected chi connectivity index (χ2v) is 10.1. The van der Waals surface area contributed by atoms with E-state index in [1.54, 1.807) is 61.7 Å². The SMILES string of the molecule is COc1cc(/C=C/C(=O)Nc2ccc(S(=O)(=O)Nc3ccccn3)cc2)ccc1OCc1ccc(Cl)cc1. The molecule has 194 valence electrons. The lowest BCUT2D eigenvalue weighted by molar-refractivity contribution is -0.111. The first kappa shape index (κ1) is 26.7. The van der Waals surface area contributed by atoms with Crippen molar-refractivity contribution in [2.24, 2.45) is 0 Å². The summed E-state index contributed by atoms with van der Waals surface area (Å²) in [5, 5.41) is 3.36. The molecule has 1 aromatic heterocycles. The van der Waals surface area contributed by atoms with Crippen molar-refractivity contribution in [2.45, 2.75) is 11.5 Å². The summed E-state index contributed by atoms with van der Waals surface area (Å²) in [7, 11) is -2.26. The van der Waals surface area contributed by atoms with E-state index < -0.39 is 10.0 Å². The predicted molar refractivity (Wildman–Crippen MR) is 148 cm³/mol. The van der Waals surface area contributed by atoms with Gasteiger partial charge in [0.25, 0.3) is 10.0 Å². The minimum atomic E-state index is -3.80. The summed E-state index contributed by atoms with van der Waals surface area (Å²) in [6.07, 6.45) is 4.50. The van der Waals surface area contributed by atoms with Crippen molar-refractivity contribution in [3.05, 3.63) is 113 Å². The summed E-state index contributed by atoms with van der Waals surface area (Å²) in [5.74, 6) is 0.927. The number of amides is 1. The molecule has 8 nitrogen and oxygen atoms in total. The number of anilines is 2. The van der Waals surface area contributed by atoms with Gasteiger partial charge in [-0.1, -0.05) is 35.9 Å². The number of aromatic nitrogens is 1. The van der Waals surface area contributed by atoms with Crippen LogP contribution in [-0.2, 0) is 21.4 Å². The summed E-state index contributed by atoms with van der Waals surface area (Å²) in [4.78, 5) is 16.4. The third-order valence-electron chi connectivity index (χ3n) is 5.26. The monoisotopic (exact) mass is 549 g/mol. The van der Waals surface area contributed by atoms with Gasteiger partial charge in [-0.3, -0.25) is 9.52 Å². The molecule has 4 aromatic rings. The smallest absolute Gasteiger partial charge is 0.263 e. The number of halogens is 1. The highest BCUT2D eigenvalue weighted by Gasteiger charge is 2.14. The number of nitrogens with zero attached hydrogens (tertiary/aromatic N) is 1. The Morgan fingerprint density at radius 2 is 1.74 bits per heavy atom. The van der Waals surface area contributed by atoms with Crippen LogP contribution in [0.25, 0.3) is 6.08 Å². The van der Waals surface area contributed by atoms with E-state index in [4.69, 9.17) is 21.1 Å². The lowest BCUT2D eigenvalue weighted by atomic mass is 10.2. The molecule has 0 fully saturated rings. The standard InChI is InChI=1S/C28H24ClN3O5S/c1-36-26-18-20(7-15-25(26)37-19-21-5-9-22(29)10-6-21)8-16-28(33)31-23-11-13-24(14-12-23)38(34,35)32-27-4-2-3-17-30-27/h2-18H,19H2,1H3,(H,30,32)(H,31,33)/b16-8+. The minimum Gasteiger partial charge on any atom is -0.493 e. The highest BCUT2D eigenvalue weighted by molar-refractivity contribution is 7.92. The maximum absolute atomic E-state index is 12.5. The molecule has 4 rings (SSSR count). The zero-order chi connectivity index (χ0) is 27.0. The molecule has 0 aliphatic rings. The summed E-state index contributed by atoms with van der Waals surface area (Å²) < 4.78 is 38.7. The maximum Gasteiger partial charge on any atom is 0.263 e. The van der Waals surface area contributed by atoms with Gasteiger partial charge in [0, 0.05) is 23.0 Å². The van der Waals surface area contributed by atoms with Crippen molar-refractivity contribution in [1.82, 2.24) is 4.98 Å². The zero-order valence-electron chi connectivity index (χ0n) is 20.3. The first-order chi connectivity index (χ1) is 18.3. The Labute approximate surface area is 226 Å². The Hall–Kier alpha value is -4.34. The van der Waals surface area contributed by atoms with E-state index in [0.717, 1.165) is 11.1 Å². The van der Waals surface area contributed by atoms with E-state index >= 15 is 0 Å². The van der Waals surface area contributed by atoms with Crippen LogP contribution in [0.3, 0.4) is 0 Å². The van der Waals surface area contributed by atoms with Crippen LogP contribution in [0.4, 0.5) is 11.5 Å². The summed E-state index contributed by atoms with van der Waals surface area (Å²) >= 11 is 5.92. The van der Waals surface area contributed by atoms with Crippen LogP contribution < -0.4 is 19.5 Å². The Morgan fingerprint density at radius 1 is 0.974 bits per heavy atom. The van der Waals surface area contributed by atoms with E-state index in [1.807, 2.05) is 12.1 Å². The number of hydrogen-bond donors (Lipinski definition) is 2. The van der Waals surface area contributed by atoms with Crippen LogP contribution in [0, 0.1) is 0 Å². The first-order valence-electron chi connectivity index (χ1n) is 11.4. The molecule has 0 aliphatic carbocycles. The molecule has 0 unspecified atom stereocenters. The Balaban J connectivity index is 1.35. The average molecular weight is 550 g/mol. The third kappa shape index (κ3) is 7.34. The lowest BCUT2D eigenvalue weighted by Gasteiger charge is -2.11. The summed E-state index contributed by atoms with van der Waals surface area (Å²) in [5.41, 5.74) is 2.14. The van der Waals surface area contributed by atoms with E-state index in [0.29, 0.717) is 28.8 Å². The fourth-order valence-corrected chi connectivity index (χ4v) is 4.48. The van der Waals surface area contributed by atoms with E-state index in [-0.39, 0.29) is 16.6 Å². The van der Waals surface area contributed by atoms with Gasteiger partial charge in [0.2, 0.25) is 5.91 Å². The molecule has 0 atom stereocenters. The molecule has 10 heteroatoms. The minimum absolute atomic E-state index is 0.0437. The highest BCUT2D eigenvalue weighted by Crippen LogP contribution is 2.29. The quantitative estimate of drug-likeness (QED) is 0.243. The highest BCUT2D eigenvalue weighted by atomic mass is 35.5. The predicted octanol–water partition coefficient (Wildman–Crippen LogP) is 5.78. The van der Waals surface area contributed by atoms with Gasteiger partial charge in [0.1, 0.15) is 12.4 Å². The summed E-state index contributed by atoms with van der Waals surface area (Å²) in [6, 6.07) is 23.4. The molecule has 0 bridgehead atoms. The van der Waals surface area contributed by atoms with Crippen molar-refractivity contribution in [3.8, 4) is 11.5 Å². The number of rotatable bonds is 10. The molecule has 0 saturated carbocycles. The number of hydrogen-bond acceptors (Lipinski definition) is 6. The van der Waals surface area contributed by atoms with Crippen LogP contribution in [0.5, 0.6) is 11.5 Å². The third-order valence-corrected chi connectivity index (χ3v) is 6.88. The molecule has 0 saturated heterocycles. The van der Waals surface area contributed by atoms with Gasteiger partial charge >= 0.3 is 0 Å². The van der Waals surface area contributed by atoms with Crippen molar-refractivity contribution < 1.29 is 22.7 Å². The molecule has 2 N–H and O–H groups in total. The van der Waals surface area contributed by atoms with Crippen molar-refractivity contribution in [1.29, 1.82) is 0 Å². The van der Waals surface area contributed by atoms with Crippen LogP contribution >= 0.6 is 11.6 Å². The molecule has 0 spiro atoms. The van der Waals surface area contributed by atoms with E-state index in [9.17, 15) is 13.2 Å². The van der Waals surface area contributed by atoms with Crippen molar-refractivity contribution in [3.63, 3.8) is 0 Å². The van der Waals surface area contributed by atoms with Gasteiger partial charge in [-0.2, -0.15) is 0 Å². The molecule has 0 radical (unpaired) electrons. The number of pyridine rings is 1. The number of nitrogens with one attached hydrogen (secondary N) is 2. The van der Waals surface area contributed by atoms with Gasteiger partial charge in [0.15, 0.2) is 11.5 Å². The van der Waals surface area contributed by atoms with E-state index in [1.165, 1.54) is 36.5 Å². The second kappa shape index (κ2) is 12.3. The van der Waals surface area contributed by atoms with Crippen LogP contribution in [-0.4, -0.2) is 26.4 Å². The van der Waals surface area contributed by atoms with Gasteiger partial charge in [0.05, 0.1) is 12.0 Å². The Morgan fingerprint density at radius 3 is 2.42 bits per heavy atom. The van der Waals surface area contributed by atoms with E-state index in [2.05, 4.69) is 15.0 Å². The number of carbonyl (C=O) groups excluding carboxylic acids is 1. The van der Waals surface area contributed by atoms with Crippen molar-refractivity contribution >= 4 is 45.1 Å². The molecule has 0 aliphatic heterocycles. The van der Waals surface area contributed by atoms with Crippen LogP contribution in [0.1, 0.15) is 11.1 Å². The second-order valence-electron chi connectivity index (χ2n) is 7.99. The zero-order valence-corrected chi connectivity index (χ0v) is 21.9. The molecule has 1 amide bonds. The van der Waals surface area contributed by atoms with Gasteiger partial charge in [-0.25, -0.2) is 13.4 Å². The van der Waals surface area contributed by atoms with Crippen molar-refractivity contribution in [2.75, 3.05) is 17.1 Å². The summed E-state index contributed by atoms with van der Waals surface area (Å²) in [6.45, 7) is 0.352. The molecule has 1 heterocycles. The first-order valence-corrected chi connectivity index (χ1v) is 13.3. The Kier molecular flexibility index (Phi) is 8.62. The van der Waals surface area contributed by atoms with Gasteiger partial charge < -0.3 is 14.8 Å². The Bertz CT molecular complexity index is 1530. The fourth-order valence-electron chi connectivity index (χ4n) is 3.34. The van der Waals surface area contributed by atoms with Gasteiger partial charge in [-0.05, 0) is 77.9 Å². The average Bonchev–Trinajstić information content (AvgIpc) is 2.92. The van der Waals surface area contributed by atoms with Gasteiger partial charge in [-0.15, -0.1) is 0 Å². The number of ether oxygens (including phenoxy) is 2. The molecular weight excluding hydrogens is 526 g/mol. The number of sulfonamides is 1. The molecular formula is C28H24ClN3O5S. The van der Waals surface area contributed by atoms with Crippen LogP contribution in [0.2, 0.25) is 5.02 Å².